The second kappa shape index (κ2) is 8.20. The quantitative estimate of drug-likeness (QED) is 0.672. The summed E-state index contributed by atoms with van der Waals surface area (Å²) in [4.78, 5) is 13.0. The lowest BCUT2D eigenvalue weighted by atomic mass is 10.0. The predicted molar refractivity (Wildman–Crippen MR) is 117 cm³/mol. The van der Waals surface area contributed by atoms with E-state index >= 15 is 0 Å². The third-order valence-electron chi connectivity index (χ3n) is 5.08. The second-order valence-corrected chi connectivity index (χ2v) is 8.89. The fraction of sp³-hybridized carbons (Fsp3) is 0.174. The summed E-state index contributed by atoms with van der Waals surface area (Å²) < 4.78 is 32.8. The van der Waals surface area contributed by atoms with Crippen molar-refractivity contribution >= 4 is 27.3 Å². The van der Waals surface area contributed by atoms with Gasteiger partial charge in [0, 0.05) is 23.9 Å². The number of carbonyl (C=O) groups excluding carboxylic acids is 1. The molecule has 7 heteroatoms. The van der Waals surface area contributed by atoms with Crippen LogP contribution in [0.5, 0.6) is 5.75 Å². The molecular formula is C23H22N2O4S. The summed E-state index contributed by atoms with van der Waals surface area (Å²) in [6.45, 7) is 0.416. The molecule has 0 aromatic heterocycles. The fourth-order valence-electron chi connectivity index (χ4n) is 3.58. The number of amides is 1. The van der Waals surface area contributed by atoms with Gasteiger partial charge in [-0.15, -0.1) is 0 Å². The number of nitrogens with one attached hydrogen (secondary N) is 1. The van der Waals surface area contributed by atoms with Crippen LogP contribution in [-0.4, -0.2) is 28.0 Å². The van der Waals surface area contributed by atoms with Crippen molar-refractivity contribution in [3.63, 3.8) is 0 Å². The Balaban J connectivity index is 1.61. The highest BCUT2D eigenvalue weighted by Gasteiger charge is 2.29. The molecule has 30 heavy (non-hydrogen) atoms. The molecule has 0 unspecified atom stereocenters. The van der Waals surface area contributed by atoms with E-state index in [0.717, 1.165) is 12.0 Å². The van der Waals surface area contributed by atoms with Gasteiger partial charge in [-0.1, -0.05) is 24.3 Å². The number of benzene rings is 3. The van der Waals surface area contributed by atoms with Gasteiger partial charge in [0.25, 0.3) is 15.9 Å². The lowest BCUT2D eigenvalue weighted by Crippen LogP contribution is -2.35. The first kappa shape index (κ1) is 20.0. The first-order chi connectivity index (χ1) is 14.5. The SMILES string of the molecule is COc1cccc(NC(=O)c2ccc3c(c2)CCCN3S(=O)(=O)c2ccccc2)c1. The van der Waals surface area contributed by atoms with E-state index < -0.39 is 10.0 Å². The summed E-state index contributed by atoms with van der Waals surface area (Å²) in [5.74, 6) is 0.397. The van der Waals surface area contributed by atoms with Crippen LogP contribution in [0.2, 0.25) is 0 Å². The van der Waals surface area contributed by atoms with Crippen molar-refractivity contribution in [3.8, 4) is 5.75 Å². The van der Waals surface area contributed by atoms with E-state index in [0.29, 0.717) is 35.7 Å². The molecule has 0 atom stereocenters. The molecule has 3 aromatic rings. The van der Waals surface area contributed by atoms with Crippen molar-refractivity contribution in [1.29, 1.82) is 0 Å². The summed E-state index contributed by atoms with van der Waals surface area (Å²) in [7, 11) is -2.08. The monoisotopic (exact) mass is 422 g/mol. The predicted octanol–water partition coefficient (Wildman–Crippen LogP) is 4.09. The minimum atomic E-state index is -3.65. The molecule has 1 aliphatic rings. The Bertz CT molecular complexity index is 1180. The molecule has 1 heterocycles. The Kier molecular flexibility index (Phi) is 5.46. The van der Waals surface area contributed by atoms with Gasteiger partial charge in [0.1, 0.15) is 5.75 Å². The van der Waals surface area contributed by atoms with E-state index in [2.05, 4.69) is 5.32 Å². The Morgan fingerprint density at radius 3 is 2.57 bits per heavy atom. The molecule has 0 aliphatic carbocycles. The topological polar surface area (TPSA) is 75.7 Å². The average Bonchev–Trinajstić information content (AvgIpc) is 2.79. The molecular weight excluding hydrogens is 400 g/mol. The summed E-state index contributed by atoms with van der Waals surface area (Å²) in [6.07, 6.45) is 1.41. The lowest BCUT2D eigenvalue weighted by molar-refractivity contribution is 0.102. The van der Waals surface area contributed by atoms with Crippen molar-refractivity contribution in [2.24, 2.45) is 0 Å². The number of hydrogen-bond donors (Lipinski definition) is 1. The van der Waals surface area contributed by atoms with Crippen molar-refractivity contribution in [1.82, 2.24) is 0 Å². The minimum Gasteiger partial charge on any atom is -0.497 e. The largest absolute Gasteiger partial charge is 0.497 e. The zero-order chi connectivity index (χ0) is 21.1. The van der Waals surface area contributed by atoms with E-state index in [1.807, 2.05) is 0 Å². The van der Waals surface area contributed by atoms with E-state index in [4.69, 9.17) is 4.74 Å². The van der Waals surface area contributed by atoms with Crippen molar-refractivity contribution in [2.45, 2.75) is 17.7 Å². The summed E-state index contributed by atoms with van der Waals surface area (Å²) in [5, 5.41) is 2.86. The zero-order valence-corrected chi connectivity index (χ0v) is 17.4. The van der Waals surface area contributed by atoms with Crippen LogP contribution < -0.4 is 14.4 Å². The number of hydrogen-bond acceptors (Lipinski definition) is 4. The normalized spacial score (nSPS) is 13.4. The van der Waals surface area contributed by atoms with Gasteiger partial charge in [0.2, 0.25) is 0 Å². The van der Waals surface area contributed by atoms with Gasteiger partial charge in [-0.05, 0) is 60.9 Å². The number of anilines is 2. The van der Waals surface area contributed by atoms with Crippen LogP contribution in [0.4, 0.5) is 11.4 Å². The molecule has 0 saturated heterocycles. The highest BCUT2D eigenvalue weighted by molar-refractivity contribution is 7.92. The van der Waals surface area contributed by atoms with Crippen molar-refractivity contribution in [2.75, 3.05) is 23.3 Å². The maximum absolute atomic E-state index is 13.1. The smallest absolute Gasteiger partial charge is 0.264 e. The Labute approximate surface area is 176 Å². The molecule has 6 nitrogen and oxygen atoms in total. The first-order valence-corrected chi connectivity index (χ1v) is 11.1. The number of ether oxygens (including phenoxy) is 1. The first-order valence-electron chi connectivity index (χ1n) is 9.65. The van der Waals surface area contributed by atoms with Gasteiger partial charge in [-0.25, -0.2) is 8.42 Å². The van der Waals surface area contributed by atoms with Gasteiger partial charge >= 0.3 is 0 Å². The highest BCUT2D eigenvalue weighted by Crippen LogP contribution is 2.33. The number of rotatable bonds is 5. The van der Waals surface area contributed by atoms with Crippen molar-refractivity contribution in [3.05, 3.63) is 83.9 Å². The van der Waals surface area contributed by atoms with E-state index in [1.165, 1.54) is 4.31 Å². The molecule has 154 valence electrons. The number of methoxy groups -OCH3 is 1. The number of nitrogens with zero attached hydrogens (tertiary/aromatic N) is 1. The third kappa shape index (κ3) is 3.89. The Hall–Kier alpha value is -3.32. The standard InChI is InChI=1S/C23H22N2O4S/c1-29-20-9-5-8-19(16-20)24-23(26)18-12-13-22-17(15-18)7-6-14-25(22)30(27,28)21-10-3-2-4-11-21/h2-5,8-13,15-16H,6-7,14H2,1H3,(H,24,26). The molecule has 0 spiro atoms. The lowest BCUT2D eigenvalue weighted by Gasteiger charge is -2.30. The van der Waals surface area contributed by atoms with Crippen LogP contribution in [-0.2, 0) is 16.4 Å². The number of aryl methyl sites for hydroxylation is 1. The Morgan fingerprint density at radius 2 is 1.80 bits per heavy atom. The van der Waals surface area contributed by atoms with Crippen molar-refractivity contribution < 1.29 is 17.9 Å². The molecule has 0 saturated carbocycles. The molecule has 1 amide bonds. The average molecular weight is 423 g/mol. The van der Waals surface area contributed by atoms with Gasteiger partial charge in [0.05, 0.1) is 17.7 Å². The molecule has 0 fully saturated rings. The van der Waals surface area contributed by atoms with Gasteiger partial charge in [0.15, 0.2) is 0 Å². The molecule has 1 N–H and O–H groups in total. The summed E-state index contributed by atoms with van der Waals surface area (Å²) in [5.41, 5.74) is 2.59. The minimum absolute atomic E-state index is 0.255. The summed E-state index contributed by atoms with van der Waals surface area (Å²) in [6, 6.07) is 20.7. The van der Waals surface area contributed by atoms with Crippen LogP contribution in [0.3, 0.4) is 0 Å². The molecule has 4 rings (SSSR count). The number of fused-ring (bicyclic) bond motifs is 1. The van der Waals surface area contributed by atoms with E-state index in [1.54, 1.807) is 79.9 Å². The van der Waals surface area contributed by atoms with Crippen LogP contribution in [0.25, 0.3) is 0 Å². The van der Waals surface area contributed by atoms with Crippen LogP contribution in [0.1, 0.15) is 22.3 Å². The van der Waals surface area contributed by atoms with E-state index in [9.17, 15) is 13.2 Å². The number of carbonyl (C=O) groups is 1. The molecule has 0 bridgehead atoms. The van der Waals surface area contributed by atoms with E-state index in [-0.39, 0.29) is 10.8 Å². The zero-order valence-electron chi connectivity index (χ0n) is 16.5. The maximum atomic E-state index is 13.1. The fourth-order valence-corrected chi connectivity index (χ4v) is 5.14. The van der Waals surface area contributed by atoms with Gasteiger partial charge < -0.3 is 10.1 Å². The van der Waals surface area contributed by atoms with Crippen LogP contribution >= 0.6 is 0 Å². The molecule has 0 radical (unpaired) electrons. The highest BCUT2D eigenvalue weighted by atomic mass is 32.2. The maximum Gasteiger partial charge on any atom is 0.264 e. The second-order valence-electron chi connectivity index (χ2n) is 7.02. The Morgan fingerprint density at radius 1 is 1.00 bits per heavy atom. The third-order valence-corrected chi connectivity index (χ3v) is 6.90. The molecule has 1 aliphatic heterocycles. The number of sulfonamides is 1. The van der Waals surface area contributed by atoms with Crippen LogP contribution in [0, 0.1) is 0 Å². The van der Waals surface area contributed by atoms with Gasteiger partial charge in [-0.2, -0.15) is 0 Å². The van der Waals surface area contributed by atoms with Gasteiger partial charge in [-0.3, -0.25) is 9.10 Å². The molecule has 3 aromatic carbocycles. The summed E-state index contributed by atoms with van der Waals surface area (Å²) >= 11 is 0. The van der Waals surface area contributed by atoms with Crippen LogP contribution in [0.15, 0.2) is 77.7 Å².